The smallest absolute Gasteiger partial charge is 0.120 e. The zero-order chi connectivity index (χ0) is 13.1. The van der Waals surface area contributed by atoms with Crippen LogP contribution in [0.4, 0.5) is 0 Å². The second kappa shape index (κ2) is 5.61. The molecule has 1 unspecified atom stereocenters. The van der Waals surface area contributed by atoms with Gasteiger partial charge in [0, 0.05) is 12.1 Å². The number of rotatable bonds is 4. The molecule has 96 valence electrons. The topological polar surface area (TPSA) is 53.1 Å². The summed E-state index contributed by atoms with van der Waals surface area (Å²) >= 11 is 11.9. The highest BCUT2D eigenvalue weighted by atomic mass is 35.5. The van der Waals surface area contributed by atoms with E-state index >= 15 is 0 Å². The first-order valence-electron chi connectivity index (χ1n) is 5.39. The molecule has 2 rings (SSSR count). The van der Waals surface area contributed by atoms with Gasteiger partial charge in [0.05, 0.1) is 23.0 Å². The first kappa shape index (κ1) is 13.2. The zero-order valence-electron chi connectivity index (χ0n) is 9.81. The van der Waals surface area contributed by atoms with Gasteiger partial charge in [-0.2, -0.15) is 5.10 Å². The molecule has 6 heteroatoms. The van der Waals surface area contributed by atoms with Crippen molar-refractivity contribution in [3.8, 4) is 5.75 Å². The molecular formula is C12H13Cl2N3O. The van der Waals surface area contributed by atoms with E-state index in [0.29, 0.717) is 22.4 Å². The van der Waals surface area contributed by atoms with Gasteiger partial charge in [-0.3, -0.25) is 4.68 Å². The number of halogens is 2. The molecule has 0 spiro atoms. The molecule has 0 aliphatic rings. The van der Waals surface area contributed by atoms with Crippen molar-refractivity contribution in [2.24, 2.45) is 12.8 Å². The summed E-state index contributed by atoms with van der Waals surface area (Å²) in [6.07, 6.45) is 1.57. The van der Waals surface area contributed by atoms with Crippen molar-refractivity contribution >= 4 is 23.2 Å². The van der Waals surface area contributed by atoms with Crippen molar-refractivity contribution in [2.45, 2.75) is 6.04 Å². The molecule has 0 saturated carbocycles. The molecule has 0 aliphatic carbocycles. The lowest BCUT2D eigenvalue weighted by Gasteiger charge is -2.14. The maximum atomic E-state index is 6.02. The normalized spacial score (nSPS) is 12.4. The van der Waals surface area contributed by atoms with E-state index in [-0.39, 0.29) is 6.04 Å². The van der Waals surface area contributed by atoms with Gasteiger partial charge < -0.3 is 10.5 Å². The molecule has 18 heavy (non-hydrogen) atoms. The van der Waals surface area contributed by atoms with Gasteiger partial charge in [0.1, 0.15) is 12.4 Å². The summed E-state index contributed by atoms with van der Waals surface area (Å²) in [5.74, 6) is 0.677. The van der Waals surface area contributed by atoms with Crippen LogP contribution in [-0.4, -0.2) is 16.4 Å². The highest BCUT2D eigenvalue weighted by Crippen LogP contribution is 2.22. The fourth-order valence-corrected chi connectivity index (χ4v) is 2.15. The minimum absolute atomic E-state index is 0.305. The second-order valence-corrected chi connectivity index (χ2v) is 4.72. The Labute approximate surface area is 115 Å². The van der Waals surface area contributed by atoms with E-state index in [0.717, 1.165) is 5.69 Å². The van der Waals surface area contributed by atoms with Gasteiger partial charge in [-0.05, 0) is 18.2 Å². The molecule has 0 amide bonds. The van der Waals surface area contributed by atoms with Crippen LogP contribution in [0.3, 0.4) is 0 Å². The standard InChI is InChI=1S/C12H13Cl2N3O/c1-17-12(10(14)6-16-17)11(15)7-18-9-4-2-3-8(13)5-9/h2-6,11H,7,15H2,1H3. The molecule has 0 radical (unpaired) electrons. The summed E-state index contributed by atoms with van der Waals surface area (Å²) in [5, 5.41) is 5.20. The molecule has 1 atom stereocenters. The summed E-state index contributed by atoms with van der Waals surface area (Å²) in [4.78, 5) is 0. The lowest BCUT2D eigenvalue weighted by atomic mass is 10.2. The molecule has 0 aliphatic heterocycles. The third kappa shape index (κ3) is 2.96. The molecule has 0 fully saturated rings. The predicted octanol–water partition coefficient (Wildman–Crippen LogP) is 2.81. The molecule has 1 heterocycles. The average molecular weight is 286 g/mol. The molecule has 4 nitrogen and oxygen atoms in total. The minimum Gasteiger partial charge on any atom is -0.492 e. The van der Waals surface area contributed by atoms with Crippen LogP contribution in [0.25, 0.3) is 0 Å². The van der Waals surface area contributed by atoms with E-state index in [9.17, 15) is 0 Å². The van der Waals surface area contributed by atoms with Gasteiger partial charge in [0.25, 0.3) is 0 Å². The van der Waals surface area contributed by atoms with Crippen LogP contribution in [0.2, 0.25) is 10.0 Å². The van der Waals surface area contributed by atoms with Crippen molar-refractivity contribution < 1.29 is 4.74 Å². The Hall–Kier alpha value is -1.23. The number of aryl methyl sites for hydroxylation is 1. The molecule has 2 aromatic rings. The minimum atomic E-state index is -0.344. The highest BCUT2D eigenvalue weighted by Gasteiger charge is 2.15. The lowest BCUT2D eigenvalue weighted by molar-refractivity contribution is 0.285. The third-order valence-electron chi connectivity index (χ3n) is 2.51. The number of hydrogen-bond acceptors (Lipinski definition) is 3. The van der Waals surface area contributed by atoms with E-state index < -0.39 is 0 Å². The maximum absolute atomic E-state index is 6.02. The van der Waals surface area contributed by atoms with Gasteiger partial charge in [-0.1, -0.05) is 29.3 Å². The van der Waals surface area contributed by atoms with E-state index in [4.69, 9.17) is 33.7 Å². The Morgan fingerprint density at radius 2 is 2.22 bits per heavy atom. The molecule has 1 aromatic heterocycles. The van der Waals surface area contributed by atoms with Crippen molar-refractivity contribution in [3.63, 3.8) is 0 Å². The van der Waals surface area contributed by atoms with Gasteiger partial charge in [-0.25, -0.2) is 0 Å². The van der Waals surface area contributed by atoms with Crippen LogP contribution >= 0.6 is 23.2 Å². The van der Waals surface area contributed by atoms with E-state index in [2.05, 4.69) is 5.10 Å². The SMILES string of the molecule is Cn1ncc(Cl)c1C(N)COc1cccc(Cl)c1. The maximum Gasteiger partial charge on any atom is 0.120 e. The van der Waals surface area contributed by atoms with Crippen molar-refractivity contribution in [2.75, 3.05) is 6.61 Å². The molecule has 0 saturated heterocycles. The number of ether oxygens (including phenoxy) is 1. The van der Waals surface area contributed by atoms with Crippen LogP contribution in [0.5, 0.6) is 5.75 Å². The fourth-order valence-electron chi connectivity index (χ4n) is 1.66. The molecule has 0 bridgehead atoms. The van der Waals surface area contributed by atoms with Crippen LogP contribution < -0.4 is 10.5 Å². The first-order chi connectivity index (χ1) is 8.58. The Balaban J connectivity index is 2.03. The first-order valence-corrected chi connectivity index (χ1v) is 6.15. The number of nitrogens with zero attached hydrogens (tertiary/aromatic N) is 2. The van der Waals surface area contributed by atoms with Gasteiger partial charge in [0.2, 0.25) is 0 Å². The van der Waals surface area contributed by atoms with Crippen molar-refractivity contribution in [3.05, 3.63) is 46.2 Å². The van der Waals surface area contributed by atoms with Gasteiger partial charge >= 0.3 is 0 Å². The summed E-state index contributed by atoms with van der Waals surface area (Å²) < 4.78 is 7.22. The van der Waals surface area contributed by atoms with Gasteiger partial charge in [0.15, 0.2) is 0 Å². The molecular weight excluding hydrogens is 273 g/mol. The van der Waals surface area contributed by atoms with E-state index in [1.807, 2.05) is 12.1 Å². The van der Waals surface area contributed by atoms with E-state index in [1.54, 1.807) is 30.1 Å². The molecule has 1 aromatic carbocycles. The van der Waals surface area contributed by atoms with Gasteiger partial charge in [-0.15, -0.1) is 0 Å². The number of nitrogens with two attached hydrogens (primary N) is 1. The lowest BCUT2D eigenvalue weighted by Crippen LogP contribution is -2.22. The summed E-state index contributed by atoms with van der Waals surface area (Å²) in [5.41, 5.74) is 6.77. The Morgan fingerprint density at radius 3 is 2.83 bits per heavy atom. The average Bonchev–Trinajstić information content (AvgIpc) is 2.66. The summed E-state index contributed by atoms with van der Waals surface area (Å²) in [6, 6.07) is 6.82. The monoisotopic (exact) mass is 285 g/mol. The van der Waals surface area contributed by atoms with Crippen LogP contribution in [0, 0.1) is 0 Å². The Morgan fingerprint density at radius 1 is 1.44 bits per heavy atom. The Bertz CT molecular complexity index is 522. The van der Waals surface area contributed by atoms with Crippen LogP contribution in [0.15, 0.2) is 30.5 Å². The number of benzene rings is 1. The summed E-state index contributed by atoms with van der Waals surface area (Å²) in [6.45, 7) is 0.305. The Kier molecular flexibility index (Phi) is 4.11. The largest absolute Gasteiger partial charge is 0.492 e. The molecule has 2 N–H and O–H groups in total. The third-order valence-corrected chi connectivity index (χ3v) is 3.04. The quantitative estimate of drug-likeness (QED) is 0.940. The number of hydrogen-bond donors (Lipinski definition) is 1. The number of aromatic nitrogens is 2. The van der Waals surface area contributed by atoms with Crippen LogP contribution in [-0.2, 0) is 7.05 Å². The van der Waals surface area contributed by atoms with Crippen molar-refractivity contribution in [1.29, 1.82) is 0 Å². The van der Waals surface area contributed by atoms with Crippen LogP contribution in [0.1, 0.15) is 11.7 Å². The fraction of sp³-hybridized carbons (Fsp3) is 0.250. The van der Waals surface area contributed by atoms with Crippen molar-refractivity contribution in [1.82, 2.24) is 9.78 Å². The predicted molar refractivity (Wildman–Crippen MR) is 72.1 cm³/mol. The summed E-state index contributed by atoms with van der Waals surface area (Å²) in [7, 11) is 1.79. The van der Waals surface area contributed by atoms with E-state index in [1.165, 1.54) is 0 Å². The zero-order valence-corrected chi connectivity index (χ0v) is 11.3. The second-order valence-electron chi connectivity index (χ2n) is 3.88. The highest BCUT2D eigenvalue weighted by molar-refractivity contribution is 6.31.